The molecule has 0 radical (unpaired) electrons. The van der Waals surface area contributed by atoms with Crippen molar-refractivity contribution in [3.8, 4) is 11.8 Å². The number of nitrogens with two attached hydrogens (primary N) is 1. The first kappa shape index (κ1) is 11.2. The van der Waals surface area contributed by atoms with Gasteiger partial charge in [0.15, 0.2) is 0 Å². The third-order valence-corrected chi connectivity index (χ3v) is 2.83. The number of hydrogen-bond donors (Lipinski definition) is 2. The summed E-state index contributed by atoms with van der Waals surface area (Å²) in [7, 11) is 0. The summed E-state index contributed by atoms with van der Waals surface area (Å²) in [6.45, 7) is 3.27. The van der Waals surface area contributed by atoms with Gasteiger partial charge in [-0.2, -0.15) is 0 Å². The molecule has 3 N–H and O–H groups in total. The normalized spacial score (nSPS) is 15.1. The summed E-state index contributed by atoms with van der Waals surface area (Å²) < 4.78 is 5.38. The molecule has 1 heterocycles. The Morgan fingerprint density at radius 3 is 3.00 bits per heavy atom. The summed E-state index contributed by atoms with van der Waals surface area (Å²) in [5.41, 5.74) is 6.52. The van der Waals surface area contributed by atoms with Crippen molar-refractivity contribution >= 4 is 0 Å². The van der Waals surface area contributed by atoms with Crippen molar-refractivity contribution in [2.45, 2.75) is 32.6 Å². The van der Waals surface area contributed by atoms with E-state index in [1.54, 1.807) is 0 Å². The van der Waals surface area contributed by atoms with Gasteiger partial charge in [-0.25, -0.2) is 0 Å². The van der Waals surface area contributed by atoms with Crippen LogP contribution in [0, 0.1) is 11.8 Å². The number of benzene rings is 1. The average molecular weight is 216 g/mol. The molecule has 1 atom stereocenters. The number of hydrogen-bond acceptors (Lipinski definition) is 3. The molecule has 0 amide bonds. The van der Waals surface area contributed by atoms with E-state index in [4.69, 9.17) is 10.6 Å². The highest BCUT2D eigenvalue weighted by Gasteiger charge is 2.14. The van der Waals surface area contributed by atoms with Gasteiger partial charge in [-0.1, -0.05) is 18.2 Å². The minimum Gasteiger partial charge on any atom is -0.372 e. The van der Waals surface area contributed by atoms with Crippen LogP contribution in [0.3, 0.4) is 0 Å². The van der Waals surface area contributed by atoms with Crippen LogP contribution in [0.25, 0.3) is 0 Å². The summed E-state index contributed by atoms with van der Waals surface area (Å²) in [5.74, 6) is 11.5. The third-order valence-electron chi connectivity index (χ3n) is 2.83. The monoisotopic (exact) mass is 216 g/mol. The predicted octanol–water partition coefficient (Wildman–Crippen LogP) is 1.63. The van der Waals surface area contributed by atoms with Crippen molar-refractivity contribution in [3.63, 3.8) is 0 Å². The molecule has 3 nitrogen and oxygen atoms in total. The lowest BCUT2D eigenvalue weighted by atomic mass is 9.99. The first-order valence-corrected chi connectivity index (χ1v) is 5.40. The number of nitrogens with one attached hydrogen (secondary N) is 1. The third kappa shape index (κ3) is 2.25. The maximum atomic E-state index is 5.54. The lowest BCUT2D eigenvalue weighted by Crippen LogP contribution is -2.27. The van der Waals surface area contributed by atoms with Crippen LogP contribution in [0.1, 0.15) is 36.1 Å². The number of rotatable bonds is 3. The van der Waals surface area contributed by atoms with Gasteiger partial charge >= 0.3 is 0 Å². The van der Waals surface area contributed by atoms with Crippen molar-refractivity contribution in [3.05, 3.63) is 34.9 Å². The van der Waals surface area contributed by atoms with Gasteiger partial charge in [0.2, 0.25) is 0 Å². The van der Waals surface area contributed by atoms with Crippen molar-refractivity contribution in [2.75, 3.05) is 0 Å². The molecular formula is C13H16N2O. The largest absolute Gasteiger partial charge is 0.372 e. The van der Waals surface area contributed by atoms with Crippen LogP contribution in [0.4, 0.5) is 0 Å². The molecule has 0 saturated heterocycles. The van der Waals surface area contributed by atoms with Crippen LogP contribution >= 0.6 is 0 Å². The highest BCUT2D eigenvalue weighted by molar-refractivity contribution is 5.35. The summed E-state index contributed by atoms with van der Waals surface area (Å²) in [6.07, 6.45) is 0.729. The second kappa shape index (κ2) is 5.13. The van der Waals surface area contributed by atoms with Crippen molar-refractivity contribution in [2.24, 2.45) is 5.84 Å². The van der Waals surface area contributed by atoms with Gasteiger partial charge in [-0.3, -0.25) is 11.3 Å². The Labute approximate surface area is 96.0 Å². The fourth-order valence-corrected chi connectivity index (χ4v) is 1.89. The zero-order valence-electron chi connectivity index (χ0n) is 9.42. The Hall–Kier alpha value is -1.34. The van der Waals surface area contributed by atoms with E-state index in [1.165, 1.54) is 16.7 Å². The highest BCUT2D eigenvalue weighted by Crippen LogP contribution is 2.24. The summed E-state index contributed by atoms with van der Waals surface area (Å²) in [6, 6.07) is 6.46. The second-order valence-electron chi connectivity index (χ2n) is 3.87. The van der Waals surface area contributed by atoms with E-state index >= 15 is 0 Å². The van der Waals surface area contributed by atoms with E-state index < -0.39 is 0 Å². The van der Waals surface area contributed by atoms with Crippen LogP contribution in [0.2, 0.25) is 0 Å². The smallest absolute Gasteiger partial charge is 0.0725 e. The average Bonchev–Trinajstić information content (AvgIpc) is 2.77. The van der Waals surface area contributed by atoms with Crippen molar-refractivity contribution < 1.29 is 4.74 Å². The van der Waals surface area contributed by atoms with E-state index in [-0.39, 0.29) is 6.04 Å². The molecule has 1 aliphatic heterocycles. The number of ether oxygens (including phenoxy) is 1. The molecule has 0 spiro atoms. The van der Waals surface area contributed by atoms with Crippen molar-refractivity contribution in [1.82, 2.24) is 5.43 Å². The molecule has 84 valence electrons. The van der Waals surface area contributed by atoms with Gasteiger partial charge < -0.3 is 4.74 Å². The lowest BCUT2D eigenvalue weighted by Gasteiger charge is -2.14. The minimum absolute atomic E-state index is 0.0957. The molecule has 0 aliphatic carbocycles. The van der Waals surface area contributed by atoms with Crippen LogP contribution < -0.4 is 11.3 Å². The van der Waals surface area contributed by atoms with Gasteiger partial charge in [0.25, 0.3) is 0 Å². The Morgan fingerprint density at radius 1 is 1.44 bits per heavy atom. The van der Waals surface area contributed by atoms with Crippen LogP contribution in [0.5, 0.6) is 0 Å². The van der Waals surface area contributed by atoms with E-state index in [9.17, 15) is 0 Å². The minimum atomic E-state index is 0.0957. The van der Waals surface area contributed by atoms with Gasteiger partial charge in [0.1, 0.15) is 0 Å². The first-order valence-electron chi connectivity index (χ1n) is 5.40. The molecule has 0 saturated carbocycles. The molecule has 0 aromatic heterocycles. The van der Waals surface area contributed by atoms with Gasteiger partial charge in [-0.05, 0) is 23.6 Å². The molecule has 3 heteroatoms. The summed E-state index contributed by atoms with van der Waals surface area (Å²) >= 11 is 0. The van der Waals surface area contributed by atoms with E-state index in [0.29, 0.717) is 6.61 Å². The maximum absolute atomic E-state index is 5.54. The standard InChI is InChI=1S/C13H16N2O/c1-2-3-4-13(15-14)10-5-6-11-8-16-9-12(11)7-10/h5-7,13,15H,4,8-9,14H2,1H3. The topological polar surface area (TPSA) is 47.3 Å². The maximum Gasteiger partial charge on any atom is 0.0725 e. The van der Waals surface area contributed by atoms with E-state index in [0.717, 1.165) is 13.0 Å². The molecule has 0 bridgehead atoms. The quantitative estimate of drug-likeness (QED) is 0.458. The lowest BCUT2D eigenvalue weighted by molar-refractivity contribution is 0.134. The Kier molecular flexibility index (Phi) is 3.58. The predicted molar refractivity (Wildman–Crippen MR) is 63.1 cm³/mol. The fraction of sp³-hybridized carbons (Fsp3) is 0.385. The zero-order valence-corrected chi connectivity index (χ0v) is 9.42. The van der Waals surface area contributed by atoms with Gasteiger partial charge in [0, 0.05) is 6.42 Å². The molecule has 16 heavy (non-hydrogen) atoms. The fourth-order valence-electron chi connectivity index (χ4n) is 1.89. The molecular weight excluding hydrogens is 200 g/mol. The Morgan fingerprint density at radius 2 is 2.25 bits per heavy atom. The van der Waals surface area contributed by atoms with Crippen molar-refractivity contribution in [1.29, 1.82) is 0 Å². The van der Waals surface area contributed by atoms with Crippen LogP contribution in [-0.4, -0.2) is 0 Å². The SMILES string of the molecule is CC#CCC(NN)c1ccc2c(c1)COC2. The Balaban J connectivity index is 2.20. The van der Waals surface area contributed by atoms with Crippen LogP contribution in [0.15, 0.2) is 18.2 Å². The van der Waals surface area contributed by atoms with Gasteiger partial charge in [-0.15, -0.1) is 11.8 Å². The molecule has 1 aromatic carbocycles. The molecule has 1 aromatic rings. The van der Waals surface area contributed by atoms with E-state index in [1.807, 2.05) is 6.92 Å². The van der Waals surface area contributed by atoms with Gasteiger partial charge in [0.05, 0.1) is 19.3 Å². The summed E-state index contributed by atoms with van der Waals surface area (Å²) in [4.78, 5) is 0. The first-order chi connectivity index (χ1) is 7.85. The molecule has 2 rings (SSSR count). The summed E-state index contributed by atoms with van der Waals surface area (Å²) in [5, 5.41) is 0. The van der Waals surface area contributed by atoms with Crippen LogP contribution in [-0.2, 0) is 18.0 Å². The molecule has 1 unspecified atom stereocenters. The van der Waals surface area contributed by atoms with E-state index in [2.05, 4.69) is 35.5 Å². The number of fused-ring (bicyclic) bond motifs is 1. The zero-order chi connectivity index (χ0) is 11.4. The highest BCUT2D eigenvalue weighted by atomic mass is 16.5. The number of hydrazine groups is 1. The Bertz CT molecular complexity index is 431. The molecule has 1 aliphatic rings. The second-order valence-corrected chi connectivity index (χ2v) is 3.87. The molecule has 0 fully saturated rings.